The summed E-state index contributed by atoms with van der Waals surface area (Å²) in [6.07, 6.45) is 1.10. The topological polar surface area (TPSA) is 43.6 Å². The van der Waals surface area contributed by atoms with Gasteiger partial charge in [0, 0.05) is 12.4 Å². The number of nitrogens with zero attached hydrogens (tertiary/aromatic N) is 4. The number of aromatic nitrogens is 4. The van der Waals surface area contributed by atoms with Crippen LogP contribution in [0.3, 0.4) is 0 Å². The van der Waals surface area contributed by atoms with Crippen LogP contribution in [0.1, 0.15) is 31.9 Å². The van der Waals surface area contributed by atoms with Gasteiger partial charge in [-0.25, -0.2) is 4.98 Å². The fraction of sp³-hybridized carbons (Fsp3) is 0.462. The summed E-state index contributed by atoms with van der Waals surface area (Å²) in [5.41, 5.74) is 1.70. The summed E-state index contributed by atoms with van der Waals surface area (Å²) in [4.78, 5) is 8.48. The zero-order chi connectivity index (χ0) is 14.8. The summed E-state index contributed by atoms with van der Waals surface area (Å²) in [6, 6.07) is 1.51. The van der Waals surface area contributed by atoms with Crippen molar-refractivity contribution in [1.29, 1.82) is 0 Å². The first-order valence-corrected chi connectivity index (χ1v) is 6.31. The van der Waals surface area contributed by atoms with Gasteiger partial charge in [-0.15, -0.1) is 0 Å². The van der Waals surface area contributed by atoms with Crippen LogP contribution in [-0.4, -0.2) is 25.9 Å². The van der Waals surface area contributed by atoms with Crippen molar-refractivity contribution in [2.24, 2.45) is 0 Å². The van der Waals surface area contributed by atoms with Gasteiger partial charge in [0.15, 0.2) is 0 Å². The van der Waals surface area contributed by atoms with Crippen molar-refractivity contribution in [1.82, 2.24) is 19.7 Å². The summed E-state index contributed by atoms with van der Waals surface area (Å²) < 4.78 is 37.7. The maximum Gasteiger partial charge on any atom is 0.408 e. The van der Waals surface area contributed by atoms with E-state index in [0.29, 0.717) is 11.4 Å². The third kappa shape index (κ3) is 3.55. The van der Waals surface area contributed by atoms with Crippen molar-refractivity contribution in [3.63, 3.8) is 0 Å². The first kappa shape index (κ1) is 14.5. The van der Waals surface area contributed by atoms with Gasteiger partial charge < -0.3 is 0 Å². The number of rotatable bonds is 4. The molecule has 0 fully saturated rings. The van der Waals surface area contributed by atoms with E-state index in [4.69, 9.17) is 0 Å². The predicted molar refractivity (Wildman–Crippen MR) is 68.0 cm³/mol. The molecule has 1 atom stereocenters. The van der Waals surface area contributed by atoms with Crippen LogP contribution >= 0.6 is 0 Å². The lowest BCUT2D eigenvalue weighted by Gasteiger charge is -2.08. The summed E-state index contributed by atoms with van der Waals surface area (Å²) >= 11 is 0. The van der Waals surface area contributed by atoms with E-state index in [1.165, 1.54) is 18.5 Å². The molecule has 0 aliphatic rings. The minimum Gasteiger partial charge on any atom is -0.263 e. The van der Waals surface area contributed by atoms with Crippen LogP contribution in [0.25, 0.3) is 11.4 Å². The number of alkyl halides is 3. The minimum absolute atomic E-state index is 0.250. The molecule has 0 N–H and O–H groups in total. The average Bonchev–Trinajstić information content (AvgIpc) is 2.84. The molecule has 20 heavy (non-hydrogen) atoms. The summed E-state index contributed by atoms with van der Waals surface area (Å²) in [7, 11) is 0. The van der Waals surface area contributed by atoms with E-state index in [1.807, 2.05) is 13.8 Å². The van der Waals surface area contributed by atoms with Crippen molar-refractivity contribution in [3.05, 3.63) is 30.4 Å². The smallest absolute Gasteiger partial charge is 0.263 e. The van der Waals surface area contributed by atoms with Gasteiger partial charge in [0.05, 0.1) is 11.9 Å². The molecule has 0 bridgehead atoms. The highest BCUT2D eigenvalue weighted by molar-refractivity contribution is 5.51. The maximum atomic E-state index is 12.3. The van der Waals surface area contributed by atoms with Crippen molar-refractivity contribution in [2.75, 3.05) is 0 Å². The molecular weight excluding hydrogens is 269 g/mol. The molecule has 0 unspecified atom stereocenters. The Balaban J connectivity index is 2.24. The standard InChI is InChI=1S/C13H15F3N4/c1-3-9(2)11-6-17-7-12(18-11)10-4-5-20(19-10)8-13(14,15)16/h4-7,9H,3,8H2,1-2H3/t9-/m1/s1. The molecule has 0 saturated carbocycles. The first-order chi connectivity index (χ1) is 9.39. The van der Waals surface area contributed by atoms with E-state index in [0.717, 1.165) is 16.8 Å². The maximum absolute atomic E-state index is 12.3. The van der Waals surface area contributed by atoms with Crippen molar-refractivity contribution >= 4 is 0 Å². The van der Waals surface area contributed by atoms with Crippen LogP contribution in [-0.2, 0) is 6.54 Å². The van der Waals surface area contributed by atoms with E-state index in [2.05, 4.69) is 15.1 Å². The lowest BCUT2D eigenvalue weighted by atomic mass is 10.1. The molecule has 2 aromatic heterocycles. The molecular formula is C13H15F3N4. The number of hydrogen-bond donors (Lipinski definition) is 0. The van der Waals surface area contributed by atoms with E-state index < -0.39 is 12.7 Å². The van der Waals surface area contributed by atoms with Gasteiger partial charge in [-0.1, -0.05) is 13.8 Å². The molecule has 0 radical (unpaired) electrons. The fourth-order valence-corrected chi connectivity index (χ4v) is 1.72. The van der Waals surface area contributed by atoms with Crippen LogP contribution in [0.2, 0.25) is 0 Å². The quantitative estimate of drug-likeness (QED) is 0.864. The first-order valence-electron chi connectivity index (χ1n) is 6.31. The normalized spacial score (nSPS) is 13.4. The Hall–Kier alpha value is -1.92. The molecule has 0 aliphatic heterocycles. The SMILES string of the molecule is CC[C@@H](C)c1cncc(-c2ccn(CC(F)(F)F)n2)n1. The Kier molecular flexibility index (Phi) is 4.06. The van der Waals surface area contributed by atoms with Crippen LogP contribution in [0.4, 0.5) is 13.2 Å². The Morgan fingerprint density at radius 3 is 2.65 bits per heavy atom. The highest BCUT2D eigenvalue weighted by Crippen LogP contribution is 2.21. The highest BCUT2D eigenvalue weighted by atomic mass is 19.4. The molecule has 2 rings (SSSR count). The summed E-state index contributed by atoms with van der Waals surface area (Å²) in [6.45, 7) is 2.96. The monoisotopic (exact) mass is 284 g/mol. The van der Waals surface area contributed by atoms with E-state index in [-0.39, 0.29) is 5.92 Å². The second-order valence-corrected chi connectivity index (χ2v) is 4.65. The molecule has 2 aromatic rings. The average molecular weight is 284 g/mol. The van der Waals surface area contributed by atoms with Gasteiger partial charge in [-0.05, 0) is 18.4 Å². The van der Waals surface area contributed by atoms with Crippen LogP contribution < -0.4 is 0 Å². The molecule has 0 spiro atoms. The second-order valence-electron chi connectivity index (χ2n) is 4.65. The lowest BCUT2D eigenvalue weighted by molar-refractivity contribution is -0.142. The van der Waals surface area contributed by atoms with Gasteiger partial charge in [-0.3, -0.25) is 9.67 Å². The van der Waals surface area contributed by atoms with Crippen LogP contribution in [0.15, 0.2) is 24.7 Å². The van der Waals surface area contributed by atoms with E-state index in [9.17, 15) is 13.2 Å². The van der Waals surface area contributed by atoms with E-state index in [1.54, 1.807) is 6.20 Å². The van der Waals surface area contributed by atoms with Crippen LogP contribution in [0.5, 0.6) is 0 Å². The minimum atomic E-state index is -4.28. The van der Waals surface area contributed by atoms with Gasteiger partial charge in [0.25, 0.3) is 0 Å². The summed E-state index contributed by atoms with van der Waals surface area (Å²) in [5, 5.41) is 3.89. The Morgan fingerprint density at radius 2 is 2.00 bits per heavy atom. The molecule has 0 saturated heterocycles. The third-order valence-electron chi connectivity index (χ3n) is 3.01. The van der Waals surface area contributed by atoms with Gasteiger partial charge in [0.1, 0.15) is 17.9 Å². The predicted octanol–water partition coefficient (Wildman–Crippen LogP) is 3.42. The molecule has 0 aromatic carbocycles. The van der Waals surface area contributed by atoms with Crippen LogP contribution in [0, 0.1) is 0 Å². The summed E-state index contributed by atoms with van der Waals surface area (Å²) in [5.74, 6) is 0.250. The largest absolute Gasteiger partial charge is 0.408 e. The van der Waals surface area contributed by atoms with Crippen molar-refractivity contribution < 1.29 is 13.2 Å². The second kappa shape index (κ2) is 5.60. The van der Waals surface area contributed by atoms with Gasteiger partial charge >= 0.3 is 6.18 Å². The fourth-order valence-electron chi connectivity index (χ4n) is 1.72. The molecule has 0 amide bonds. The zero-order valence-electron chi connectivity index (χ0n) is 11.2. The Labute approximate surface area is 114 Å². The molecule has 4 nitrogen and oxygen atoms in total. The third-order valence-corrected chi connectivity index (χ3v) is 3.01. The molecule has 2 heterocycles. The Bertz CT molecular complexity index is 577. The number of halogens is 3. The highest BCUT2D eigenvalue weighted by Gasteiger charge is 2.28. The molecule has 108 valence electrons. The molecule has 7 heteroatoms. The van der Waals surface area contributed by atoms with Crippen molar-refractivity contribution in [3.8, 4) is 11.4 Å². The lowest BCUT2D eigenvalue weighted by Crippen LogP contribution is -2.17. The van der Waals surface area contributed by atoms with Gasteiger partial charge in [-0.2, -0.15) is 18.3 Å². The van der Waals surface area contributed by atoms with Crippen molar-refractivity contribution in [2.45, 2.75) is 38.9 Å². The van der Waals surface area contributed by atoms with E-state index >= 15 is 0 Å². The number of hydrogen-bond acceptors (Lipinski definition) is 3. The Morgan fingerprint density at radius 1 is 1.25 bits per heavy atom. The molecule has 0 aliphatic carbocycles. The zero-order valence-corrected chi connectivity index (χ0v) is 11.2. The van der Waals surface area contributed by atoms with Gasteiger partial charge in [0.2, 0.25) is 0 Å².